The van der Waals surface area contributed by atoms with Crippen molar-refractivity contribution in [3.63, 3.8) is 0 Å². The van der Waals surface area contributed by atoms with Crippen LogP contribution in [0, 0.1) is 0 Å². The van der Waals surface area contributed by atoms with E-state index in [0.717, 1.165) is 24.6 Å². The molecule has 1 fully saturated rings. The molecule has 0 spiro atoms. The Bertz CT molecular complexity index is 705. The fourth-order valence-electron chi connectivity index (χ4n) is 2.38. The third-order valence-corrected chi connectivity index (χ3v) is 3.70. The number of aromatic nitrogens is 2. The molecule has 1 saturated heterocycles. The van der Waals surface area contributed by atoms with Crippen LogP contribution in [-0.4, -0.2) is 28.3 Å². The maximum Gasteiger partial charge on any atom is 0.435 e. The van der Waals surface area contributed by atoms with Crippen molar-refractivity contribution in [2.75, 3.05) is 6.54 Å². The van der Waals surface area contributed by atoms with Crippen molar-refractivity contribution in [2.24, 2.45) is 0 Å². The minimum absolute atomic E-state index is 0.0917. The Morgan fingerprint density at radius 1 is 1.29 bits per heavy atom. The van der Waals surface area contributed by atoms with E-state index in [2.05, 4.69) is 21.3 Å². The van der Waals surface area contributed by atoms with Crippen LogP contribution >= 0.6 is 0 Å². The van der Waals surface area contributed by atoms with Gasteiger partial charge in [0.1, 0.15) is 6.04 Å². The first kappa shape index (κ1) is 16.5. The summed E-state index contributed by atoms with van der Waals surface area (Å²) in [5, 5.41) is 6.33. The predicted molar refractivity (Wildman–Crippen MR) is 80.0 cm³/mol. The van der Waals surface area contributed by atoms with E-state index in [9.17, 15) is 18.0 Å². The summed E-state index contributed by atoms with van der Waals surface area (Å²) < 4.78 is 38.8. The number of nitrogens with one attached hydrogen (secondary N) is 3. The normalized spacial score (nSPS) is 17.9. The Kier molecular flexibility index (Phi) is 4.54. The van der Waals surface area contributed by atoms with Crippen LogP contribution in [0.2, 0.25) is 0 Å². The van der Waals surface area contributed by atoms with Gasteiger partial charge in [-0.05, 0) is 30.2 Å². The molecule has 1 aromatic carbocycles. The fourth-order valence-corrected chi connectivity index (χ4v) is 2.38. The van der Waals surface area contributed by atoms with Crippen LogP contribution in [0.1, 0.15) is 17.7 Å². The summed E-state index contributed by atoms with van der Waals surface area (Å²) in [5.74, 6) is -0.0917. The molecular weight excluding hydrogens is 323 g/mol. The Hall–Kier alpha value is -2.39. The van der Waals surface area contributed by atoms with Gasteiger partial charge in [0, 0.05) is 19.3 Å². The van der Waals surface area contributed by atoms with E-state index in [1.165, 1.54) is 10.9 Å². The van der Waals surface area contributed by atoms with Gasteiger partial charge in [-0.2, -0.15) is 18.3 Å². The van der Waals surface area contributed by atoms with Gasteiger partial charge in [-0.15, -0.1) is 0 Å². The molecule has 0 bridgehead atoms. The summed E-state index contributed by atoms with van der Waals surface area (Å²) in [6, 6.07) is 7.48. The average Bonchev–Trinajstić information content (AvgIpc) is 3.23. The summed E-state index contributed by atoms with van der Waals surface area (Å²) in [4.78, 5) is 11.9. The third kappa shape index (κ3) is 3.74. The maximum atomic E-state index is 12.6. The van der Waals surface area contributed by atoms with Crippen molar-refractivity contribution in [3.8, 4) is 5.69 Å². The topological polar surface area (TPSA) is 71.0 Å². The number of halogens is 3. The highest BCUT2D eigenvalue weighted by molar-refractivity contribution is 5.81. The number of carbonyl (C=O) groups excluding carboxylic acids is 1. The van der Waals surface area contributed by atoms with E-state index in [-0.39, 0.29) is 11.9 Å². The number of nitrogens with zero attached hydrogens (tertiary/aromatic N) is 2. The van der Waals surface area contributed by atoms with Gasteiger partial charge in [-0.3, -0.25) is 10.2 Å². The lowest BCUT2D eigenvalue weighted by molar-refractivity contribution is -0.141. The van der Waals surface area contributed by atoms with Crippen molar-refractivity contribution < 1.29 is 18.0 Å². The molecule has 0 aliphatic carbocycles. The number of hydrazine groups is 1. The molecule has 3 N–H and O–H groups in total. The predicted octanol–water partition coefficient (Wildman–Crippen LogP) is 1.37. The summed E-state index contributed by atoms with van der Waals surface area (Å²) in [6.07, 6.45) is -2.47. The van der Waals surface area contributed by atoms with E-state index in [4.69, 9.17) is 0 Å². The monoisotopic (exact) mass is 339 g/mol. The molecule has 1 aliphatic heterocycles. The number of benzene rings is 1. The van der Waals surface area contributed by atoms with Crippen LogP contribution in [-0.2, 0) is 17.5 Å². The minimum atomic E-state index is -4.46. The SMILES string of the molecule is O=C(NCc1ccc(-n2ccc(C(F)(F)F)n2)cc1)C1CCNN1. The van der Waals surface area contributed by atoms with E-state index in [0.29, 0.717) is 12.2 Å². The molecule has 1 unspecified atom stereocenters. The Balaban J connectivity index is 1.61. The number of carbonyl (C=O) groups is 1. The maximum absolute atomic E-state index is 12.6. The van der Waals surface area contributed by atoms with Crippen LogP contribution in [0.15, 0.2) is 36.5 Å². The van der Waals surface area contributed by atoms with E-state index in [1.807, 2.05) is 0 Å². The second-order valence-electron chi connectivity index (χ2n) is 5.44. The molecular formula is C15H16F3N5O. The van der Waals surface area contributed by atoms with Crippen LogP contribution in [0.25, 0.3) is 5.69 Å². The van der Waals surface area contributed by atoms with Gasteiger partial charge in [0.2, 0.25) is 5.91 Å². The van der Waals surface area contributed by atoms with Gasteiger partial charge in [-0.1, -0.05) is 12.1 Å². The molecule has 1 atom stereocenters. The van der Waals surface area contributed by atoms with Crippen LogP contribution in [0.5, 0.6) is 0 Å². The molecule has 3 rings (SSSR count). The third-order valence-electron chi connectivity index (χ3n) is 3.70. The molecule has 2 heterocycles. The van der Waals surface area contributed by atoms with Gasteiger partial charge < -0.3 is 5.32 Å². The van der Waals surface area contributed by atoms with Gasteiger partial charge in [0.25, 0.3) is 0 Å². The highest BCUT2D eigenvalue weighted by Crippen LogP contribution is 2.27. The summed E-state index contributed by atoms with van der Waals surface area (Å²) in [6.45, 7) is 1.10. The van der Waals surface area contributed by atoms with Crippen molar-refractivity contribution in [2.45, 2.75) is 25.2 Å². The molecule has 1 amide bonds. The standard InChI is InChI=1S/C15H16F3N5O/c16-15(17,18)13-6-8-23(22-13)11-3-1-10(2-4-11)9-19-14(24)12-5-7-20-21-12/h1-4,6,8,12,20-21H,5,7,9H2,(H,19,24). The molecule has 9 heteroatoms. The van der Waals surface area contributed by atoms with Crippen molar-refractivity contribution in [1.29, 1.82) is 0 Å². The smallest absolute Gasteiger partial charge is 0.351 e. The highest BCUT2D eigenvalue weighted by atomic mass is 19.4. The minimum Gasteiger partial charge on any atom is -0.351 e. The number of alkyl halides is 3. The van der Waals surface area contributed by atoms with Crippen molar-refractivity contribution in [3.05, 3.63) is 47.8 Å². The zero-order valence-electron chi connectivity index (χ0n) is 12.6. The number of rotatable bonds is 4. The summed E-state index contributed by atoms with van der Waals surface area (Å²) >= 11 is 0. The molecule has 128 valence electrons. The van der Waals surface area contributed by atoms with E-state index >= 15 is 0 Å². The molecule has 24 heavy (non-hydrogen) atoms. The molecule has 0 saturated carbocycles. The molecule has 2 aromatic rings. The van der Waals surface area contributed by atoms with Gasteiger partial charge >= 0.3 is 6.18 Å². The quantitative estimate of drug-likeness (QED) is 0.787. The number of amides is 1. The van der Waals surface area contributed by atoms with Gasteiger partial charge in [0.05, 0.1) is 5.69 Å². The van der Waals surface area contributed by atoms with Crippen molar-refractivity contribution in [1.82, 2.24) is 25.9 Å². The second-order valence-corrected chi connectivity index (χ2v) is 5.44. The Morgan fingerprint density at radius 3 is 2.62 bits per heavy atom. The summed E-state index contributed by atoms with van der Waals surface area (Å²) in [7, 11) is 0. The van der Waals surface area contributed by atoms with Crippen LogP contribution in [0.4, 0.5) is 13.2 Å². The van der Waals surface area contributed by atoms with Gasteiger partial charge in [0.15, 0.2) is 5.69 Å². The average molecular weight is 339 g/mol. The Morgan fingerprint density at radius 2 is 2.04 bits per heavy atom. The first-order valence-electron chi connectivity index (χ1n) is 7.42. The van der Waals surface area contributed by atoms with E-state index in [1.54, 1.807) is 24.3 Å². The first-order valence-corrected chi connectivity index (χ1v) is 7.42. The van der Waals surface area contributed by atoms with Gasteiger partial charge in [-0.25, -0.2) is 10.1 Å². The molecule has 6 nitrogen and oxygen atoms in total. The largest absolute Gasteiger partial charge is 0.435 e. The lowest BCUT2D eigenvalue weighted by atomic mass is 10.2. The zero-order valence-corrected chi connectivity index (χ0v) is 12.6. The lowest BCUT2D eigenvalue weighted by Crippen LogP contribution is -2.42. The fraction of sp³-hybridized carbons (Fsp3) is 0.333. The summed E-state index contributed by atoms with van der Waals surface area (Å²) in [5.41, 5.74) is 6.19. The molecule has 1 aliphatic rings. The molecule has 1 aromatic heterocycles. The zero-order chi connectivity index (χ0) is 17.2. The van der Waals surface area contributed by atoms with E-state index < -0.39 is 11.9 Å². The highest BCUT2D eigenvalue weighted by Gasteiger charge is 2.33. The Labute approximate surface area is 136 Å². The second kappa shape index (κ2) is 6.62. The van der Waals surface area contributed by atoms with Crippen LogP contribution < -0.4 is 16.2 Å². The number of hydrogen-bond donors (Lipinski definition) is 3. The first-order chi connectivity index (χ1) is 11.4. The van der Waals surface area contributed by atoms with Crippen molar-refractivity contribution >= 4 is 5.91 Å². The molecule has 0 radical (unpaired) electrons. The van der Waals surface area contributed by atoms with Crippen LogP contribution in [0.3, 0.4) is 0 Å². The number of hydrogen-bond acceptors (Lipinski definition) is 4. The lowest BCUT2D eigenvalue weighted by Gasteiger charge is -2.11.